The smallest absolute Gasteiger partial charge is 0.222 e. The Hall–Kier alpha value is -1.59. The molecule has 2 saturated heterocycles. The fourth-order valence-electron chi connectivity index (χ4n) is 3.15. The molecule has 2 fully saturated rings. The number of nitrogens with one attached hydrogen (secondary N) is 3. The van der Waals surface area contributed by atoms with Gasteiger partial charge in [0.05, 0.1) is 6.04 Å². The molecule has 2 aliphatic rings. The van der Waals surface area contributed by atoms with Gasteiger partial charge in [0.15, 0.2) is 0 Å². The van der Waals surface area contributed by atoms with Crippen LogP contribution in [0.5, 0.6) is 0 Å². The average molecular weight is 289 g/mol. The van der Waals surface area contributed by atoms with E-state index < -0.39 is 6.23 Å². The Kier molecular flexibility index (Phi) is 4.41. The second-order valence-corrected chi connectivity index (χ2v) is 5.95. The van der Waals surface area contributed by atoms with E-state index in [1.165, 1.54) is 18.4 Å². The van der Waals surface area contributed by atoms with Crippen molar-refractivity contribution in [1.29, 1.82) is 0 Å². The fourth-order valence-corrected chi connectivity index (χ4v) is 3.15. The highest BCUT2D eigenvalue weighted by atomic mass is 16.3. The Morgan fingerprint density at radius 2 is 1.81 bits per heavy atom. The maximum Gasteiger partial charge on any atom is 0.222 e. The van der Waals surface area contributed by atoms with Gasteiger partial charge < -0.3 is 21.1 Å². The first kappa shape index (κ1) is 14.4. The van der Waals surface area contributed by atoms with Crippen molar-refractivity contribution < 1.29 is 9.90 Å². The first-order valence-corrected chi connectivity index (χ1v) is 7.77. The summed E-state index contributed by atoms with van der Waals surface area (Å²) in [6, 6.07) is 8.37. The highest BCUT2D eigenvalue weighted by Gasteiger charge is 2.26. The van der Waals surface area contributed by atoms with Gasteiger partial charge in [-0.2, -0.15) is 0 Å². The van der Waals surface area contributed by atoms with E-state index in [-0.39, 0.29) is 11.9 Å². The molecule has 0 spiro atoms. The maximum atomic E-state index is 11.2. The minimum Gasteiger partial charge on any atom is -0.378 e. The van der Waals surface area contributed by atoms with E-state index >= 15 is 0 Å². The molecule has 0 aromatic heterocycles. The van der Waals surface area contributed by atoms with E-state index in [1.54, 1.807) is 0 Å². The molecule has 0 aliphatic carbocycles. The predicted molar refractivity (Wildman–Crippen MR) is 82.1 cm³/mol. The lowest BCUT2D eigenvalue weighted by Gasteiger charge is -2.30. The molecule has 0 bridgehead atoms. The lowest BCUT2D eigenvalue weighted by Crippen LogP contribution is -2.51. The SMILES string of the molecule is O=C1CCC(Nc2ccc(C3CCNCC3)cc2)C(O)N1. The second-order valence-electron chi connectivity index (χ2n) is 5.95. The number of rotatable bonds is 3. The molecule has 0 radical (unpaired) electrons. The lowest BCUT2D eigenvalue weighted by atomic mass is 9.90. The highest BCUT2D eigenvalue weighted by Crippen LogP contribution is 2.26. The summed E-state index contributed by atoms with van der Waals surface area (Å²) in [6.07, 6.45) is 2.70. The number of amides is 1. The minimum absolute atomic E-state index is 0.0817. The van der Waals surface area contributed by atoms with E-state index in [0.717, 1.165) is 18.8 Å². The second kappa shape index (κ2) is 6.45. The normalized spacial score (nSPS) is 27.2. The predicted octanol–water partition coefficient (Wildman–Crippen LogP) is 1.16. The fraction of sp³-hybridized carbons (Fsp3) is 0.562. The van der Waals surface area contributed by atoms with Crippen LogP contribution in [0.25, 0.3) is 0 Å². The number of carbonyl (C=O) groups is 1. The quantitative estimate of drug-likeness (QED) is 0.674. The van der Waals surface area contributed by atoms with Gasteiger partial charge in [-0.1, -0.05) is 12.1 Å². The molecule has 1 aromatic carbocycles. The van der Waals surface area contributed by atoms with Crippen LogP contribution in [0.3, 0.4) is 0 Å². The van der Waals surface area contributed by atoms with E-state index in [0.29, 0.717) is 18.8 Å². The van der Waals surface area contributed by atoms with Crippen molar-refractivity contribution in [2.24, 2.45) is 0 Å². The molecule has 2 atom stereocenters. The number of anilines is 1. The molecule has 4 N–H and O–H groups in total. The zero-order valence-electron chi connectivity index (χ0n) is 12.1. The summed E-state index contributed by atoms with van der Waals surface area (Å²) >= 11 is 0. The third-order valence-corrected chi connectivity index (χ3v) is 4.45. The number of aliphatic hydroxyl groups is 1. The third-order valence-electron chi connectivity index (χ3n) is 4.45. The Bertz CT molecular complexity index is 483. The Morgan fingerprint density at radius 3 is 2.48 bits per heavy atom. The first-order chi connectivity index (χ1) is 10.2. The van der Waals surface area contributed by atoms with Crippen LogP contribution < -0.4 is 16.0 Å². The molecule has 21 heavy (non-hydrogen) atoms. The topological polar surface area (TPSA) is 73.4 Å². The summed E-state index contributed by atoms with van der Waals surface area (Å²) in [5.74, 6) is 0.571. The summed E-state index contributed by atoms with van der Waals surface area (Å²) in [5, 5.41) is 19.1. The molecular weight excluding hydrogens is 266 g/mol. The minimum atomic E-state index is -0.810. The molecule has 2 aliphatic heterocycles. The third kappa shape index (κ3) is 3.54. The highest BCUT2D eigenvalue weighted by molar-refractivity contribution is 5.77. The Labute approximate surface area is 125 Å². The number of benzene rings is 1. The van der Waals surface area contributed by atoms with Crippen molar-refractivity contribution in [2.45, 2.75) is 43.9 Å². The van der Waals surface area contributed by atoms with Gasteiger partial charge in [0.2, 0.25) is 5.91 Å². The van der Waals surface area contributed by atoms with Gasteiger partial charge in [-0.05, 0) is 56.0 Å². The molecule has 1 aromatic rings. The molecule has 2 heterocycles. The zero-order valence-corrected chi connectivity index (χ0v) is 12.1. The van der Waals surface area contributed by atoms with Gasteiger partial charge in [0.1, 0.15) is 6.23 Å². The molecule has 5 heteroatoms. The number of aliphatic hydroxyl groups excluding tert-OH is 1. The molecule has 1 amide bonds. The van der Waals surface area contributed by atoms with Gasteiger partial charge in [-0.25, -0.2) is 0 Å². The Morgan fingerprint density at radius 1 is 1.10 bits per heavy atom. The molecule has 0 saturated carbocycles. The number of hydrogen-bond donors (Lipinski definition) is 4. The van der Waals surface area contributed by atoms with E-state index in [9.17, 15) is 9.90 Å². The monoisotopic (exact) mass is 289 g/mol. The number of piperidine rings is 2. The van der Waals surface area contributed by atoms with Crippen molar-refractivity contribution >= 4 is 11.6 Å². The van der Waals surface area contributed by atoms with Crippen LogP contribution in [0.4, 0.5) is 5.69 Å². The van der Waals surface area contributed by atoms with Crippen LogP contribution in [-0.4, -0.2) is 36.4 Å². The van der Waals surface area contributed by atoms with E-state index in [1.807, 2.05) is 0 Å². The number of hydrogen-bond acceptors (Lipinski definition) is 4. The van der Waals surface area contributed by atoms with Gasteiger partial charge in [0, 0.05) is 12.1 Å². The molecule has 3 rings (SSSR count). The van der Waals surface area contributed by atoms with Crippen LogP contribution in [-0.2, 0) is 4.79 Å². The van der Waals surface area contributed by atoms with Crippen molar-refractivity contribution in [3.63, 3.8) is 0 Å². The summed E-state index contributed by atoms with van der Waals surface area (Å²) in [4.78, 5) is 11.2. The maximum absolute atomic E-state index is 11.2. The van der Waals surface area contributed by atoms with Crippen LogP contribution in [0.1, 0.15) is 37.2 Å². The lowest BCUT2D eigenvalue weighted by molar-refractivity contribution is -0.126. The first-order valence-electron chi connectivity index (χ1n) is 7.77. The molecule has 2 unspecified atom stereocenters. The van der Waals surface area contributed by atoms with Gasteiger partial charge in [-0.3, -0.25) is 4.79 Å². The molecular formula is C16H23N3O2. The summed E-state index contributed by atoms with van der Waals surface area (Å²) < 4.78 is 0. The van der Waals surface area contributed by atoms with E-state index in [2.05, 4.69) is 40.2 Å². The number of carbonyl (C=O) groups excluding carboxylic acids is 1. The van der Waals surface area contributed by atoms with Crippen LogP contribution in [0.2, 0.25) is 0 Å². The Balaban J connectivity index is 1.60. The standard InChI is InChI=1S/C16H23N3O2/c20-15-6-5-14(16(21)19-15)18-13-3-1-11(2-4-13)12-7-9-17-10-8-12/h1-4,12,14,16-18,21H,5-10H2,(H,19,20). The van der Waals surface area contributed by atoms with Crippen LogP contribution >= 0.6 is 0 Å². The van der Waals surface area contributed by atoms with Crippen molar-refractivity contribution in [1.82, 2.24) is 10.6 Å². The largest absolute Gasteiger partial charge is 0.378 e. The summed E-state index contributed by atoms with van der Waals surface area (Å²) in [7, 11) is 0. The van der Waals surface area contributed by atoms with Gasteiger partial charge in [0.25, 0.3) is 0 Å². The van der Waals surface area contributed by atoms with Gasteiger partial charge in [-0.15, -0.1) is 0 Å². The van der Waals surface area contributed by atoms with Crippen molar-refractivity contribution in [2.75, 3.05) is 18.4 Å². The van der Waals surface area contributed by atoms with Crippen molar-refractivity contribution in [3.8, 4) is 0 Å². The molecule has 5 nitrogen and oxygen atoms in total. The summed E-state index contributed by atoms with van der Waals surface area (Å²) in [6.45, 7) is 2.19. The zero-order chi connectivity index (χ0) is 14.7. The van der Waals surface area contributed by atoms with Crippen LogP contribution in [0, 0.1) is 0 Å². The van der Waals surface area contributed by atoms with Gasteiger partial charge >= 0.3 is 0 Å². The van der Waals surface area contributed by atoms with Crippen molar-refractivity contribution in [3.05, 3.63) is 29.8 Å². The summed E-state index contributed by atoms with van der Waals surface area (Å²) in [5.41, 5.74) is 2.38. The van der Waals surface area contributed by atoms with E-state index in [4.69, 9.17) is 0 Å². The molecule has 114 valence electrons. The average Bonchev–Trinajstić information content (AvgIpc) is 2.52. The van der Waals surface area contributed by atoms with Crippen LogP contribution in [0.15, 0.2) is 24.3 Å².